The largest absolute Gasteiger partial charge is 0.416 e. The van der Waals surface area contributed by atoms with E-state index in [1.54, 1.807) is 30.3 Å². The third-order valence-corrected chi connectivity index (χ3v) is 7.24. The Balaban J connectivity index is 1.38. The van der Waals surface area contributed by atoms with Crippen LogP contribution in [0.1, 0.15) is 28.1 Å². The zero-order valence-corrected chi connectivity index (χ0v) is 21.3. The molecule has 0 saturated heterocycles. The molecule has 1 aliphatic rings. The standard InChI is InChI=1S/C28H20F4N4O3S/c29-18-9-11-19(12-10-18)34-24(38)27(13-14-27)25(39)36-26-35-21(16-5-2-1-3-6-16)22(40-26)23(37)33-20-8-4-7-17(15-20)28(30,31)32/h1-12,15H,13-14H2,(H,33,37)(H,34,38)(H,35,36,39). The summed E-state index contributed by atoms with van der Waals surface area (Å²) in [4.78, 5) is 43.7. The van der Waals surface area contributed by atoms with Crippen molar-refractivity contribution in [1.29, 1.82) is 0 Å². The number of thiazole rings is 1. The van der Waals surface area contributed by atoms with Crippen LogP contribution in [-0.2, 0) is 15.8 Å². The molecule has 204 valence electrons. The SMILES string of the molecule is O=C(Nc1cccc(C(F)(F)F)c1)c1sc(NC(=O)C2(C(=O)Nc3ccc(F)cc3)CC2)nc1-c1ccccc1. The molecule has 1 aromatic heterocycles. The smallest absolute Gasteiger partial charge is 0.325 e. The molecule has 40 heavy (non-hydrogen) atoms. The van der Waals surface area contributed by atoms with Crippen LogP contribution < -0.4 is 16.0 Å². The van der Waals surface area contributed by atoms with Crippen molar-refractivity contribution >= 4 is 45.6 Å². The topological polar surface area (TPSA) is 100 Å². The minimum absolute atomic E-state index is 0.0407. The minimum atomic E-state index is -4.58. The van der Waals surface area contributed by atoms with Crippen LogP contribution in [0.5, 0.6) is 0 Å². The first kappa shape index (κ1) is 27.0. The molecule has 0 atom stereocenters. The summed E-state index contributed by atoms with van der Waals surface area (Å²) < 4.78 is 52.6. The molecule has 0 spiro atoms. The molecule has 0 unspecified atom stereocenters. The van der Waals surface area contributed by atoms with Gasteiger partial charge in [0, 0.05) is 16.9 Å². The van der Waals surface area contributed by atoms with Crippen LogP contribution in [0.3, 0.4) is 0 Å². The number of benzene rings is 3. The van der Waals surface area contributed by atoms with Gasteiger partial charge in [-0.1, -0.05) is 47.7 Å². The zero-order valence-electron chi connectivity index (χ0n) is 20.5. The fourth-order valence-electron chi connectivity index (χ4n) is 3.96. The molecule has 0 aliphatic heterocycles. The first-order chi connectivity index (χ1) is 19.0. The van der Waals surface area contributed by atoms with E-state index in [1.807, 2.05) is 0 Å². The molecule has 3 amide bonds. The van der Waals surface area contributed by atoms with Gasteiger partial charge in [-0.3, -0.25) is 14.4 Å². The maximum absolute atomic E-state index is 13.2. The van der Waals surface area contributed by atoms with E-state index in [1.165, 1.54) is 36.4 Å². The number of carbonyl (C=O) groups excluding carboxylic acids is 3. The molecule has 1 fully saturated rings. The molecular weight excluding hydrogens is 548 g/mol. The quantitative estimate of drug-likeness (QED) is 0.173. The summed E-state index contributed by atoms with van der Waals surface area (Å²) in [6, 6.07) is 17.9. The number of rotatable bonds is 7. The lowest BCUT2D eigenvalue weighted by atomic mass is 10.1. The molecule has 0 bridgehead atoms. The summed E-state index contributed by atoms with van der Waals surface area (Å²) in [6.45, 7) is 0. The van der Waals surface area contributed by atoms with Crippen LogP contribution in [0.2, 0.25) is 0 Å². The fourth-order valence-corrected chi connectivity index (χ4v) is 4.84. The summed E-state index contributed by atoms with van der Waals surface area (Å²) in [5.41, 5.74) is -1.24. The van der Waals surface area contributed by atoms with Gasteiger partial charge in [0.25, 0.3) is 5.91 Å². The predicted octanol–water partition coefficient (Wildman–Crippen LogP) is 6.58. The minimum Gasteiger partial charge on any atom is -0.325 e. The summed E-state index contributed by atoms with van der Waals surface area (Å²) in [5.74, 6) is -2.36. The lowest BCUT2D eigenvalue weighted by molar-refractivity contribution is -0.137. The number of anilines is 3. The predicted molar refractivity (Wildman–Crippen MR) is 142 cm³/mol. The summed E-state index contributed by atoms with van der Waals surface area (Å²) in [5, 5.41) is 7.74. The van der Waals surface area contributed by atoms with Crippen molar-refractivity contribution in [1.82, 2.24) is 4.98 Å². The van der Waals surface area contributed by atoms with E-state index in [-0.39, 0.29) is 34.2 Å². The van der Waals surface area contributed by atoms with Gasteiger partial charge in [0.15, 0.2) is 5.13 Å². The second-order valence-electron chi connectivity index (χ2n) is 9.09. The van der Waals surface area contributed by atoms with E-state index in [0.717, 1.165) is 23.5 Å². The van der Waals surface area contributed by atoms with E-state index < -0.39 is 40.7 Å². The van der Waals surface area contributed by atoms with Crippen LogP contribution >= 0.6 is 11.3 Å². The molecule has 3 N–H and O–H groups in total. The van der Waals surface area contributed by atoms with Crippen molar-refractivity contribution in [3.8, 4) is 11.3 Å². The van der Waals surface area contributed by atoms with Crippen LogP contribution in [0, 0.1) is 11.2 Å². The second-order valence-corrected chi connectivity index (χ2v) is 10.1. The van der Waals surface area contributed by atoms with Crippen molar-refractivity contribution in [3.63, 3.8) is 0 Å². The Morgan fingerprint density at radius 1 is 0.800 bits per heavy atom. The van der Waals surface area contributed by atoms with Gasteiger partial charge in [-0.2, -0.15) is 13.2 Å². The highest BCUT2D eigenvalue weighted by atomic mass is 32.1. The van der Waals surface area contributed by atoms with Crippen LogP contribution in [0.15, 0.2) is 78.9 Å². The van der Waals surface area contributed by atoms with E-state index >= 15 is 0 Å². The molecule has 5 rings (SSSR count). The second kappa shape index (κ2) is 10.5. The normalized spacial score (nSPS) is 13.8. The van der Waals surface area contributed by atoms with Crippen LogP contribution in [-0.4, -0.2) is 22.7 Å². The lowest BCUT2D eigenvalue weighted by Crippen LogP contribution is -2.35. The van der Waals surface area contributed by atoms with Crippen molar-refractivity contribution in [2.75, 3.05) is 16.0 Å². The third-order valence-electron chi connectivity index (χ3n) is 6.27. The van der Waals surface area contributed by atoms with Gasteiger partial charge in [-0.25, -0.2) is 9.37 Å². The summed E-state index contributed by atoms with van der Waals surface area (Å²) in [6.07, 6.45) is -4.02. The summed E-state index contributed by atoms with van der Waals surface area (Å²) in [7, 11) is 0. The number of halogens is 4. The van der Waals surface area contributed by atoms with Gasteiger partial charge in [0.2, 0.25) is 11.8 Å². The number of carbonyl (C=O) groups is 3. The van der Waals surface area contributed by atoms with Crippen molar-refractivity contribution in [2.24, 2.45) is 5.41 Å². The Kier molecular flexibility index (Phi) is 7.11. The molecule has 1 aliphatic carbocycles. The number of nitrogens with one attached hydrogen (secondary N) is 3. The van der Waals surface area contributed by atoms with Gasteiger partial charge in [-0.15, -0.1) is 0 Å². The number of amides is 3. The summed E-state index contributed by atoms with van der Waals surface area (Å²) >= 11 is 0.830. The van der Waals surface area contributed by atoms with E-state index in [9.17, 15) is 31.9 Å². The molecule has 0 radical (unpaired) electrons. The lowest BCUT2D eigenvalue weighted by Gasteiger charge is -2.14. The first-order valence-electron chi connectivity index (χ1n) is 12.0. The fraction of sp³-hybridized carbons (Fsp3) is 0.143. The van der Waals surface area contributed by atoms with Crippen molar-refractivity contribution in [3.05, 3.63) is 95.1 Å². The Hall–Kier alpha value is -4.58. The van der Waals surface area contributed by atoms with Crippen LogP contribution in [0.4, 0.5) is 34.1 Å². The molecule has 4 aromatic rings. The highest BCUT2D eigenvalue weighted by Gasteiger charge is 2.56. The molecule has 1 heterocycles. The first-order valence-corrected chi connectivity index (χ1v) is 12.8. The maximum Gasteiger partial charge on any atom is 0.416 e. The number of hydrogen-bond acceptors (Lipinski definition) is 5. The maximum atomic E-state index is 13.2. The van der Waals surface area contributed by atoms with Crippen molar-refractivity contribution in [2.45, 2.75) is 19.0 Å². The van der Waals surface area contributed by atoms with Gasteiger partial charge >= 0.3 is 6.18 Å². The van der Waals surface area contributed by atoms with E-state index in [2.05, 4.69) is 20.9 Å². The molecule has 1 saturated carbocycles. The van der Waals surface area contributed by atoms with Gasteiger partial charge in [-0.05, 0) is 55.3 Å². The van der Waals surface area contributed by atoms with Gasteiger partial charge in [0.05, 0.1) is 11.3 Å². The molecule has 7 nitrogen and oxygen atoms in total. The average molecular weight is 569 g/mol. The number of hydrogen-bond donors (Lipinski definition) is 3. The van der Waals surface area contributed by atoms with E-state index in [4.69, 9.17) is 0 Å². The van der Waals surface area contributed by atoms with Crippen molar-refractivity contribution < 1.29 is 31.9 Å². The monoisotopic (exact) mass is 568 g/mol. The Labute approximate surface area is 229 Å². The van der Waals surface area contributed by atoms with Gasteiger partial charge < -0.3 is 16.0 Å². The zero-order chi connectivity index (χ0) is 28.5. The Morgan fingerprint density at radius 3 is 2.12 bits per heavy atom. The highest BCUT2D eigenvalue weighted by molar-refractivity contribution is 7.18. The van der Waals surface area contributed by atoms with E-state index in [0.29, 0.717) is 11.3 Å². The number of alkyl halides is 3. The Bertz CT molecular complexity index is 1580. The molecule has 3 aromatic carbocycles. The molecule has 12 heteroatoms. The average Bonchev–Trinajstić information content (AvgIpc) is 3.65. The van der Waals surface area contributed by atoms with Crippen LogP contribution in [0.25, 0.3) is 11.3 Å². The highest BCUT2D eigenvalue weighted by Crippen LogP contribution is 2.48. The number of aromatic nitrogens is 1. The van der Waals surface area contributed by atoms with Gasteiger partial charge in [0.1, 0.15) is 16.1 Å². The molecular formula is C28H20F4N4O3S. The third kappa shape index (κ3) is 5.71. The number of nitrogens with zero attached hydrogens (tertiary/aromatic N) is 1. The Morgan fingerprint density at radius 2 is 1.48 bits per heavy atom.